The molecule has 2 aromatic rings. The van der Waals surface area contributed by atoms with Gasteiger partial charge in [-0.15, -0.1) is 0 Å². The Labute approximate surface area is 238 Å². The lowest BCUT2D eigenvalue weighted by Gasteiger charge is -2.38. The van der Waals surface area contributed by atoms with E-state index >= 15 is 0 Å². The number of carbonyl (C=O) groups excluding carboxylic acids is 3. The fraction of sp³-hybridized carbons (Fsp3) is 0.516. The molecule has 3 atom stereocenters. The van der Waals surface area contributed by atoms with Crippen LogP contribution in [-0.4, -0.2) is 40.5 Å². The molecule has 0 aliphatic rings. The van der Waals surface area contributed by atoms with Gasteiger partial charge in [-0.3, -0.25) is 9.59 Å². The van der Waals surface area contributed by atoms with Crippen LogP contribution in [0.4, 0.5) is 10.5 Å². The lowest BCUT2D eigenvalue weighted by molar-refractivity contribution is -0.144. The molecule has 8 heteroatoms. The number of amides is 3. The minimum Gasteiger partial charge on any atom is -0.444 e. The third-order valence-electron chi connectivity index (χ3n) is 6.66. The number of benzene rings is 2. The molecule has 0 aliphatic heterocycles. The van der Waals surface area contributed by atoms with E-state index in [1.807, 2.05) is 71.0 Å². The number of hydrogen-bond donors (Lipinski definition) is 2. The predicted octanol–water partition coefficient (Wildman–Crippen LogP) is 7.07. The van der Waals surface area contributed by atoms with Gasteiger partial charge < -0.3 is 20.3 Å². The van der Waals surface area contributed by atoms with Gasteiger partial charge in [0.2, 0.25) is 5.91 Å². The highest BCUT2D eigenvalue weighted by Crippen LogP contribution is 2.31. The molecular formula is C31H44ClN3O4. The van der Waals surface area contributed by atoms with Gasteiger partial charge in [-0.25, -0.2) is 4.79 Å². The summed E-state index contributed by atoms with van der Waals surface area (Å²) >= 11 is 6.43. The zero-order valence-corrected chi connectivity index (χ0v) is 25.5. The number of nitrogens with zero attached hydrogens (tertiary/aromatic N) is 1. The van der Waals surface area contributed by atoms with Crippen LogP contribution >= 0.6 is 11.6 Å². The van der Waals surface area contributed by atoms with Gasteiger partial charge in [0.05, 0.1) is 10.7 Å². The molecule has 214 valence electrons. The van der Waals surface area contributed by atoms with Crippen molar-refractivity contribution in [3.8, 4) is 0 Å². The number of aryl methyl sites for hydroxylation is 2. The van der Waals surface area contributed by atoms with E-state index in [2.05, 4.69) is 17.6 Å². The van der Waals surface area contributed by atoms with Crippen molar-refractivity contribution >= 4 is 35.2 Å². The number of anilines is 1. The lowest BCUT2D eigenvalue weighted by Crippen LogP contribution is -2.56. The highest BCUT2D eigenvalue weighted by atomic mass is 35.5. The van der Waals surface area contributed by atoms with Crippen LogP contribution in [0.3, 0.4) is 0 Å². The minimum atomic E-state index is -0.967. The number of rotatable bonds is 10. The average molecular weight is 558 g/mol. The van der Waals surface area contributed by atoms with Crippen molar-refractivity contribution in [3.05, 3.63) is 64.2 Å². The molecular weight excluding hydrogens is 514 g/mol. The molecule has 0 radical (unpaired) electrons. The van der Waals surface area contributed by atoms with Crippen LogP contribution in [-0.2, 0) is 20.7 Å². The summed E-state index contributed by atoms with van der Waals surface area (Å²) in [7, 11) is 0. The molecule has 2 N–H and O–H groups in total. The maximum Gasteiger partial charge on any atom is 0.408 e. The first-order valence-corrected chi connectivity index (χ1v) is 14.0. The van der Waals surface area contributed by atoms with E-state index in [9.17, 15) is 14.4 Å². The Morgan fingerprint density at radius 3 is 2.10 bits per heavy atom. The monoisotopic (exact) mass is 557 g/mol. The Kier molecular flexibility index (Phi) is 11.4. The first-order valence-electron chi connectivity index (χ1n) is 13.7. The zero-order chi connectivity index (χ0) is 29.5. The molecule has 0 saturated heterocycles. The Bertz CT molecular complexity index is 1120. The molecule has 0 aromatic heterocycles. The maximum atomic E-state index is 14.3. The molecule has 0 aliphatic carbocycles. The third kappa shape index (κ3) is 8.72. The van der Waals surface area contributed by atoms with Crippen molar-refractivity contribution in [3.63, 3.8) is 0 Å². The fourth-order valence-electron chi connectivity index (χ4n) is 4.31. The van der Waals surface area contributed by atoms with Crippen molar-refractivity contribution in [2.45, 2.75) is 98.9 Å². The molecule has 7 nitrogen and oxygen atoms in total. The van der Waals surface area contributed by atoms with Gasteiger partial charge in [0.1, 0.15) is 17.7 Å². The maximum absolute atomic E-state index is 14.3. The van der Waals surface area contributed by atoms with E-state index < -0.39 is 29.7 Å². The summed E-state index contributed by atoms with van der Waals surface area (Å²) in [5.74, 6) is -0.957. The Hall–Kier alpha value is -3.06. The second-order valence-electron chi connectivity index (χ2n) is 11.3. The molecule has 0 fully saturated rings. The van der Waals surface area contributed by atoms with Gasteiger partial charge in [-0.2, -0.15) is 0 Å². The number of ether oxygens (including phenoxy) is 1. The number of para-hydroxylation sites is 1. The summed E-state index contributed by atoms with van der Waals surface area (Å²) in [6.45, 7) is 16.8. The Balaban J connectivity index is 2.59. The molecule has 3 unspecified atom stereocenters. The van der Waals surface area contributed by atoms with Crippen LogP contribution in [0.2, 0.25) is 5.02 Å². The van der Waals surface area contributed by atoms with Crippen molar-refractivity contribution in [2.24, 2.45) is 5.92 Å². The molecule has 2 rings (SSSR count). The average Bonchev–Trinajstić information content (AvgIpc) is 2.86. The van der Waals surface area contributed by atoms with Crippen LogP contribution in [0, 0.1) is 12.8 Å². The van der Waals surface area contributed by atoms with Gasteiger partial charge >= 0.3 is 6.09 Å². The molecule has 3 amide bonds. The third-order valence-corrected chi connectivity index (χ3v) is 6.98. The van der Waals surface area contributed by atoms with Crippen LogP contribution in [0.1, 0.15) is 84.5 Å². The van der Waals surface area contributed by atoms with Gasteiger partial charge in [0.25, 0.3) is 5.91 Å². The normalized spacial score (nSPS) is 13.8. The molecule has 0 saturated carbocycles. The van der Waals surface area contributed by atoms with E-state index in [1.54, 1.807) is 31.7 Å². The smallest absolute Gasteiger partial charge is 0.408 e. The van der Waals surface area contributed by atoms with Gasteiger partial charge in [0, 0.05) is 6.04 Å². The van der Waals surface area contributed by atoms with Crippen LogP contribution in [0.5, 0.6) is 0 Å². The summed E-state index contributed by atoms with van der Waals surface area (Å²) in [6.07, 6.45) is 0.808. The number of nitrogens with one attached hydrogen (secondary N) is 2. The number of halogens is 1. The Morgan fingerprint density at radius 2 is 1.62 bits per heavy atom. The van der Waals surface area contributed by atoms with Crippen molar-refractivity contribution in [1.82, 2.24) is 10.2 Å². The summed E-state index contributed by atoms with van der Waals surface area (Å²) in [5, 5.41) is 6.17. The van der Waals surface area contributed by atoms with Gasteiger partial charge in [-0.05, 0) is 76.6 Å². The topological polar surface area (TPSA) is 87.7 Å². The molecule has 0 heterocycles. The number of alkyl carbamates (subject to hydrolysis) is 1. The number of carbonyl (C=O) groups is 3. The first-order chi connectivity index (χ1) is 18.2. The van der Waals surface area contributed by atoms with Crippen molar-refractivity contribution < 1.29 is 19.1 Å². The second-order valence-corrected chi connectivity index (χ2v) is 11.7. The fourth-order valence-corrected chi connectivity index (χ4v) is 4.58. The largest absolute Gasteiger partial charge is 0.444 e. The first kappa shape index (κ1) is 32.2. The molecule has 0 spiro atoms. The van der Waals surface area contributed by atoms with Gasteiger partial charge in [0.15, 0.2) is 0 Å². The lowest BCUT2D eigenvalue weighted by atomic mass is 9.94. The SMILES string of the molecule is CCc1ccc(C(C(=O)Nc2c(C)cccc2Cl)N(C(=O)C(NC(=O)OC(C)(C)C)C(C)CC)C(C)C)cc1. The van der Waals surface area contributed by atoms with E-state index in [4.69, 9.17) is 16.3 Å². The van der Waals surface area contributed by atoms with Gasteiger partial charge in [-0.1, -0.05) is 75.2 Å². The quantitative estimate of drug-likeness (QED) is 0.327. The zero-order valence-electron chi connectivity index (χ0n) is 24.7. The highest BCUT2D eigenvalue weighted by Gasteiger charge is 2.39. The van der Waals surface area contributed by atoms with Crippen LogP contribution in [0.25, 0.3) is 0 Å². The highest BCUT2D eigenvalue weighted by molar-refractivity contribution is 6.34. The summed E-state index contributed by atoms with van der Waals surface area (Å²) in [6, 6.07) is 10.9. The molecule has 39 heavy (non-hydrogen) atoms. The van der Waals surface area contributed by atoms with E-state index in [-0.39, 0.29) is 17.9 Å². The molecule has 2 aromatic carbocycles. The van der Waals surface area contributed by atoms with Crippen molar-refractivity contribution in [2.75, 3.05) is 5.32 Å². The number of hydrogen-bond acceptors (Lipinski definition) is 4. The van der Waals surface area contributed by atoms with E-state index in [0.717, 1.165) is 17.5 Å². The second kappa shape index (κ2) is 13.8. The van der Waals surface area contributed by atoms with E-state index in [0.29, 0.717) is 22.7 Å². The van der Waals surface area contributed by atoms with Crippen LogP contribution in [0.15, 0.2) is 42.5 Å². The summed E-state index contributed by atoms with van der Waals surface area (Å²) in [4.78, 5) is 42.6. The predicted molar refractivity (Wildman–Crippen MR) is 158 cm³/mol. The van der Waals surface area contributed by atoms with Crippen LogP contribution < -0.4 is 10.6 Å². The standard InChI is InChI=1S/C31H44ClN3O4/c1-10-20(5)26(34-30(38)39-31(7,8)9)29(37)35(19(3)4)27(23-17-15-22(11-2)16-18-23)28(36)33-25-21(6)13-12-14-24(25)32/h12-20,26-27H,10-11H2,1-9H3,(H,33,36)(H,34,38). The Morgan fingerprint density at radius 1 is 1.00 bits per heavy atom. The van der Waals surface area contributed by atoms with Crippen molar-refractivity contribution in [1.29, 1.82) is 0 Å². The summed E-state index contributed by atoms with van der Waals surface area (Å²) < 4.78 is 5.46. The molecule has 0 bridgehead atoms. The summed E-state index contributed by atoms with van der Waals surface area (Å²) in [5.41, 5.74) is 2.37. The van der Waals surface area contributed by atoms with E-state index in [1.165, 1.54) is 0 Å². The minimum absolute atomic E-state index is 0.205.